The van der Waals surface area contributed by atoms with Crippen molar-refractivity contribution in [2.45, 2.75) is 45.6 Å². The molecule has 2 aromatic rings. The van der Waals surface area contributed by atoms with Crippen LogP contribution in [0.3, 0.4) is 0 Å². The van der Waals surface area contributed by atoms with Crippen LogP contribution in [0, 0.1) is 18.7 Å². The standard InChI is InChI=1S/C24H33FN2O5/c1-5-9-26(12-16(14-32-4)8-10-31-3)22-15(2)21-18(11-20(22)25)23(28)19(24(29)30)13-27(21)17-6-7-17/h11,13,16-17H,5-10,12,14H2,1-4H3,(H,29,30)/t16-/m0/s1. The molecule has 0 spiro atoms. The molecule has 1 aromatic carbocycles. The van der Waals surface area contributed by atoms with E-state index in [2.05, 4.69) is 0 Å². The van der Waals surface area contributed by atoms with Crippen LogP contribution >= 0.6 is 0 Å². The molecular weight excluding hydrogens is 415 g/mol. The molecule has 1 aliphatic carbocycles. The van der Waals surface area contributed by atoms with Crippen LogP contribution in [0.5, 0.6) is 0 Å². The van der Waals surface area contributed by atoms with Gasteiger partial charge in [-0.1, -0.05) is 6.92 Å². The normalized spacial score (nSPS) is 14.7. The monoisotopic (exact) mass is 448 g/mol. The van der Waals surface area contributed by atoms with Gasteiger partial charge in [-0.15, -0.1) is 0 Å². The van der Waals surface area contributed by atoms with Crippen molar-refractivity contribution in [1.29, 1.82) is 0 Å². The summed E-state index contributed by atoms with van der Waals surface area (Å²) in [4.78, 5) is 26.5. The minimum absolute atomic E-state index is 0.125. The molecule has 1 heterocycles. The van der Waals surface area contributed by atoms with Crippen molar-refractivity contribution in [2.24, 2.45) is 5.92 Å². The summed E-state index contributed by atoms with van der Waals surface area (Å²) >= 11 is 0. The Balaban J connectivity index is 2.16. The van der Waals surface area contributed by atoms with Gasteiger partial charge in [0.1, 0.15) is 11.4 Å². The van der Waals surface area contributed by atoms with E-state index in [0.717, 1.165) is 25.7 Å². The van der Waals surface area contributed by atoms with Crippen LogP contribution in [0.1, 0.15) is 54.6 Å². The molecule has 32 heavy (non-hydrogen) atoms. The van der Waals surface area contributed by atoms with Crippen molar-refractivity contribution in [3.63, 3.8) is 0 Å². The minimum atomic E-state index is -1.29. The predicted octanol–water partition coefficient (Wildman–Crippen LogP) is 4.00. The van der Waals surface area contributed by atoms with E-state index in [1.54, 1.807) is 14.2 Å². The number of aromatic nitrogens is 1. The van der Waals surface area contributed by atoms with E-state index in [-0.39, 0.29) is 22.9 Å². The van der Waals surface area contributed by atoms with Crippen molar-refractivity contribution < 1.29 is 23.8 Å². The SMILES string of the molecule is CCCN(C[C@H](CCOC)COC)c1c(F)cc2c(=O)c(C(=O)O)cn(C3CC3)c2c1C. The number of methoxy groups -OCH3 is 2. The molecule has 1 N–H and O–H groups in total. The van der Waals surface area contributed by atoms with E-state index in [9.17, 15) is 14.7 Å². The van der Waals surface area contributed by atoms with Crippen LogP contribution in [0.4, 0.5) is 10.1 Å². The van der Waals surface area contributed by atoms with Gasteiger partial charge in [0.15, 0.2) is 0 Å². The number of anilines is 1. The van der Waals surface area contributed by atoms with Gasteiger partial charge < -0.3 is 24.0 Å². The van der Waals surface area contributed by atoms with Crippen molar-refractivity contribution >= 4 is 22.6 Å². The van der Waals surface area contributed by atoms with Crippen molar-refractivity contribution in [1.82, 2.24) is 4.57 Å². The third-order valence-electron chi connectivity index (χ3n) is 6.07. The van der Waals surface area contributed by atoms with Crippen LogP contribution in [-0.2, 0) is 9.47 Å². The lowest BCUT2D eigenvalue weighted by Crippen LogP contribution is -2.34. The predicted molar refractivity (Wildman–Crippen MR) is 122 cm³/mol. The van der Waals surface area contributed by atoms with E-state index in [0.29, 0.717) is 43.1 Å². The van der Waals surface area contributed by atoms with Crippen LogP contribution in [-0.4, -0.2) is 56.2 Å². The first-order valence-electron chi connectivity index (χ1n) is 11.2. The van der Waals surface area contributed by atoms with Gasteiger partial charge in [0.05, 0.1) is 17.8 Å². The molecule has 1 atom stereocenters. The summed E-state index contributed by atoms with van der Waals surface area (Å²) in [5.74, 6) is -1.64. The Hall–Kier alpha value is -2.45. The fourth-order valence-electron chi connectivity index (χ4n) is 4.47. The number of carboxylic acids is 1. The van der Waals surface area contributed by atoms with Gasteiger partial charge in [-0.2, -0.15) is 0 Å². The summed E-state index contributed by atoms with van der Waals surface area (Å²) in [7, 11) is 3.31. The molecule has 1 fully saturated rings. The first kappa shape index (κ1) is 24.2. The number of benzene rings is 1. The molecule has 0 aliphatic heterocycles. The number of carboxylic acid groups (broad SMARTS) is 1. The van der Waals surface area contributed by atoms with Gasteiger partial charge in [0.25, 0.3) is 0 Å². The number of rotatable bonds is 12. The Morgan fingerprint density at radius 2 is 2.06 bits per heavy atom. The molecule has 0 unspecified atom stereocenters. The molecular formula is C24H33FN2O5. The van der Waals surface area contributed by atoms with E-state index < -0.39 is 17.2 Å². The van der Waals surface area contributed by atoms with E-state index in [1.807, 2.05) is 23.3 Å². The Morgan fingerprint density at radius 3 is 2.62 bits per heavy atom. The Labute approximate surface area is 187 Å². The lowest BCUT2D eigenvalue weighted by Gasteiger charge is -2.31. The third kappa shape index (κ3) is 4.96. The summed E-state index contributed by atoms with van der Waals surface area (Å²) in [6, 6.07) is 1.35. The minimum Gasteiger partial charge on any atom is -0.477 e. The van der Waals surface area contributed by atoms with Crippen LogP contribution in [0.25, 0.3) is 10.9 Å². The van der Waals surface area contributed by atoms with Crippen LogP contribution in [0.15, 0.2) is 17.1 Å². The Morgan fingerprint density at radius 1 is 1.34 bits per heavy atom. The molecule has 1 aromatic heterocycles. The quantitative estimate of drug-likeness (QED) is 0.529. The van der Waals surface area contributed by atoms with Gasteiger partial charge in [0, 0.05) is 57.5 Å². The number of aryl methyl sites for hydroxylation is 1. The summed E-state index contributed by atoms with van der Waals surface area (Å²) in [5, 5.41) is 9.61. The number of aromatic carboxylic acids is 1. The number of pyridine rings is 1. The third-order valence-corrected chi connectivity index (χ3v) is 6.07. The maximum Gasteiger partial charge on any atom is 0.341 e. The largest absolute Gasteiger partial charge is 0.477 e. The summed E-state index contributed by atoms with van der Waals surface area (Å²) in [6.45, 7) is 6.23. The fraction of sp³-hybridized carbons (Fsp3) is 0.583. The first-order valence-corrected chi connectivity index (χ1v) is 11.2. The van der Waals surface area contributed by atoms with Crippen LogP contribution in [0.2, 0.25) is 0 Å². The zero-order valence-electron chi connectivity index (χ0n) is 19.3. The zero-order chi connectivity index (χ0) is 23.4. The summed E-state index contributed by atoms with van der Waals surface area (Å²) in [5.41, 5.74) is 0.797. The Bertz CT molecular complexity index is 1030. The first-order chi connectivity index (χ1) is 15.3. The molecule has 1 saturated carbocycles. The number of halogens is 1. The maximum absolute atomic E-state index is 15.5. The topological polar surface area (TPSA) is 81.0 Å². The number of ether oxygens (including phenoxy) is 2. The van der Waals surface area contributed by atoms with Gasteiger partial charge in [0.2, 0.25) is 5.43 Å². The van der Waals surface area contributed by atoms with E-state index in [4.69, 9.17) is 9.47 Å². The molecule has 0 radical (unpaired) electrons. The van der Waals surface area contributed by atoms with Crippen molar-refractivity contribution in [3.05, 3.63) is 39.4 Å². The van der Waals surface area contributed by atoms with Crippen LogP contribution < -0.4 is 10.3 Å². The average Bonchev–Trinajstić information content (AvgIpc) is 3.58. The van der Waals surface area contributed by atoms with Gasteiger partial charge >= 0.3 is 5.97 Å². The van der Waals surface area contributed by atoms with Gasteiger partial charge in [-0.25, -0.2) is 9.18 Å². The number of nitrogens with zero attached hydrogens (tertiary/aromatic N) is 2. The highest BCUT2D eigenvalue weighted by molar-refractivity contribution is 5.95. The molecule has 0 amide bonds. The smallest absolute Gasteiger partial charge is 0.341 e. The van der Waals surface area contributed by atoms with E-state index in [1.165, 1.54) is 12.3 Å². The van der Waals surface area contributed by atoms with Gasteiger partial charge in [-0.3, -0.25) is 4.79 Å². The lowest BCUT2D eigenvalue weighted by atomic mass is 10.0. The Kier molecular flexibility index (Phi) is 7.90. The number of fused-ring (bicyclic) bond motifs is 1. The van der Waals surface area contributed by atoms with E-state index >= 15 is 4.39 Å². The molecule has 7 nitrogen and oxygen atoms in total. The van der Waals surface area contributed by atoms with Crippen molar-refractivity contribution in [2.75, 3.05) is 45.4 Å². The molecule has 0 saturated heterocycles. The maximum atomic E-state index is 15.5. The molecule has 176 valence electrons. The number of carbonyl (C=O) groups is 1. The molecule has 3 rings (SSSR count). The zero-order valence-corrected chi connectivity index (χ0v) is 19.3. The highest BCUT2D eigenvalue weighted by atomic mass is 19.1. The highest BCUT2D eigenvalue weighted by Crippen LogP contribution is 2.40. The molecule has 8 heteroatoms. The summed E-state index contributed by atoms with van der Waals surface area (Å²) in [6.07, 6.45) is 4.86. The summed E-state index contributed by atoms with van der Waals surface area (Å²) < 4.78 is 28.0. The second kappa shape index (κ2) is 10.4. The number of hydrogen-bond donors (Lipinski definition) is 1. The fourth-order valence-corrected chi connectivity index (χ4v) is 4.47. The number of hydrogen-bond acceptors (Lipinski definition) is 5. The second-order valence-electron chi connectivity index (χ2n) is 8.59. The lowest BCUT2D eigenvalue weighted by molar-refractivity contribution is 0.0695. The molecule has 0 bridgehead atoms. The molecule has 1 aliphatic rings. The van der Waals surface area contributed by atoms with Gasteiger partial charge in [-0.05, 0) is 44.2 Å². The second-order valence-corrected chi connectivity index (χ2v) is 8.59. The highest BCUT2D eigenvalue weighted by Gasteiger charge is 2.30. The average molecular weight is 449 g/mol. The van der Waals surface area contributed by atoms with Crippen molar-refractivity contribution in [3.8, 4) is 0 Å².